The second-order valence-electron chi connectivity index (χ2n) is 11.1. The highest BCUT2D eigenvalue weighted by Crippen LogP contribution is 2.37. The van der Waals surface area contributed by atoms with Crippen molar-refractivity contribution in [3.63, 3.8) is 0 Å². The summed E-state index contributed by atoms with van der Waals surface area (Å²) in [7, 11) is -2.85. The zero-order valence-electron chi connectivity index (χ0n) is 23.4. The van der Waals surface area contributed by atoms with Crippen LogP contribution in [0.25, 0.3) is 0 Å². The lowest BCUT2D eigenvalue weighted by Gasteiger charge is -2.46. The molecule has 39 heavy (non-hydrogen) atoms. The molecule has 0 aliphatic carbocycles. The molecule has 1 aliphatic rings. The third-order valence-corrected chi connectivity index (χ3v) is 12.3. The van der Waals surface area contributed by atoms with Crippen LogP contribution in [0.3, 0.4) is 0 Å². The molecule has 0 spiro atoms. The molecular weight excluding hydrogens is 508 g/mol. The first-order chi connectivity index (χ1) is 18.8. The third kappa shape index (κ3) is 6.69. The molecule has 1 fully saturated rings. The van der Waals surface area contributed by atoms with Gasteiger partial charge in [0.05, 0.1) is 13.2 Å². The van der Waals surface area contributed by atoms with E-state index in [1.165, 1.54) is 0 Å². The van der Waals surface area contributed by atoms with Crippen molar-refractivity contribution in [3.8, 4) is 0 Å². The van der Waals surface area contributed by atoms with Gasteiger partial charge in [-0.3, -0.25) is 0 Å². The Morgan fingerprint density at radius 1 is 0.769 bits per heavy atom. The molecule has 0 bridgehead atoms. The van der Waals surface area contributed by atoms with Crippen molar-refractivity contribution in [2.75, 3.05) is 13.2 Å². The number of aliphatic hydroxyl groups is 2. The van der Waals surface area contributed by atoms with E-state index in [1.54, 1.807) is 0 Å². The molecule has 1 aliphatic heterocycles. The number of hydrogen-bond donors (Lipinski definition) is 2. The minimum Gasteiger partial charge on any atom is -0.405 e. The van der Waals surface area contributed by atoms with Crippen molar-refractivity contribution in [2.45, 2.75) is 76.5 Å². The molecule has 3 aromatic carbocycles. The normalized spacial score (nSPS) is 24.0. The highest BCUT2D eigenvalue weighted by molar-refractivity contribution is 6.99. The maximum atomic E-state index is 11.5. The summed E-state index contributed by atoms with van der Waals surface area (Å²) in [6.07, 6.45) is -3.93. The lowest BCUT2D eigenvalue weighted by atomic mass is 9.98. The summed E-state index contributed by atoms with van der Waals surface area (Å²) < 4.78 is 25.1. The van der Waals surface area contributed by atoms with Gasteiger partial charge >= 0.3 is 0 Å². The van der Waals surface area contributed by atoms with Gasteiger partial charge in [-0.1, -0.05) is 119 Å². The molecule has 4 rings (SSSR count). The predicted octanol–water partition coefficient (Wildman–Crippen LogP) is 4.02. The SMILES string of the molecule is CCCO[C@H]1[C@H](O)[C@@H](CO[Si](c2ccccc2)(c2ccccc2)C(C)(C)C)OC(O)[C@@H]1OCc1ccccc1. The second kappa shape index (κ2) is 13.3. The summed E-state index contributed by atoms with van der Waals surface area (Å²) in [5.41, 5.74) is 0.963. The average Bonchev–Trinajstić information content (AvgIpc) is 2.94. The fourth-order valence-corrected chi connectivity index (χ4v) is 9.97. The molecule has 0 saturated carbocycles. The van der Waals surface area contributed by atoms with Gasteiger partial charge in [0.15, 0.2) is 6.29 Å². The third-order valence-electron chi connectivity index (χ3n) is 7.32. The molecule has 7 heteroatoms. The van der Waals surface area contributed by atoms with Crippen LogP contribution >= 0.6 is 0 Å². The highest BCUT2D eigenvalue weighted by Gasteiger charge is 2.52. The zero-order valence-corrected chi connectivity index (χ0v) is 24.4. The van der Waals surface area contributed by atoms with E-state index in [9.17, 15) is 10.2 Å². The standard InChI is InChI=1S/C32H42O6Si/c1-5-21-35-29-28(33)27(38-31(34)30(29)36-22-24-15-9-6-10-16-24)23-37-39(32(2,3)4,25-17-11-7-12-18-25)26-19-13-8-14-20-26/h6-20,27-31,33-34H,5,21-23H2,1-4H3/t27-,28-,29+,30-,31?/m1/s1. The molecule has 210 valence electrons. The Morgan fingerprint density at radius 3 is 1.82 bits per heavy atom. The Bertz CT molecular complexity index is 1080. The summed E-state index contributed by atoms with van der Waals surface area (Å²) >= 11 is 0. The lowest BCUT2D eigenvalue weighted by molar-refractivity contribution is -0.305. The average molecular weight is 551 g/mol. The van der Waals surface area contributed by atoms with Crippen LogP contribution in [0.5, 0.6) is 0 Å². The van der Waals surface area contributed by atoms with E-state index in [-0.39, 0.29) is 18.3 Å². The number of rotatable bonds is 11. The Morgan fingerprint density at radius 2 is 1.31 bits per heavy atom. The molecule has 1 saturated heterocycles. The Balaban J connectivity index is 1.59. The van der Waals surface area contributed by atoms with E-state index >= 15 is 0 Å². The summed E-state index contributed by atoms with van der Waals surface area (Å²) in [6.45, 7) is 9.41. The van der Waals surface area contributed by atoms with Gasteiger partial charge in [-0.2, -0.15) is 0 Å². The van der Waals surface area contributed by atoms with Crippen molar-refractivity contribution in [2.24, 2.45) is 0 Å². The zero-order chi connectivity index (χ0) is 27.9. The van der Waals surface area contributed by atoms with E-state index in [0.717, 1.165) is 22.4 Å². The van der Waals surface area contributed by atoms with Gasteiger partial charge < -0.3 is 28.8 Å². The molecular formula is C32H42O6Si. The van der Waals surface area contributed by atoms with Gasteiger partial charge in [-0.05, 0) is 27.4 Å². The monoisotopic (exact) mass is 550 g/mol. The fourth-order valence-electron chi connectivity index (χ4n) is 5.40. The number of hydrogen-bond acceptors (Lipinski definition) is 6. The van der Waals surface area contributed by atoms with Crippen LogP contribution in [0.15, 0.2) is 91.0 Å². The summed E-state index contributed by atoms with van der Waals surface area (Å²) in [5, 5.41) is 24.6. The molecule has 1 heterocycles. The first kappa shape index (κ1) is 29.6. The van der Waals surface area contributed by atoms with Gasteiger partial charge in [0.25, 0.3) is 8.32 Å². The van der Waals surface area contributed by atoms with Crippen LogP contribution in [0.4, 0.5) is 0 Å². The van der Waals surface area contributed by atoms with Gasteiger partial charge in [-0.15, -0.1) is 0 Å². The molecule has 0 amide bonds. The molecule has 5 atom stereocenters. The smallest absolute Gasteiger partial charge is 0.261 e. The number of aliphatic hydroxyl groups excluding tert-OH is 2. The van der Waals surface area contributed by atoms with Crippen LogP contribution in [0, 0.1) is 0 Å². The van der Waals surface area contributed by atoms with E-state index < -0.39 is 39.0 Å². The first-order valence-electron chi connectivity index (χ1n) is 13.8. The van der Waals surface area contributed by atoms with Gasteiger partial charge in [0.2, 0.25) is 0 Å². The van der Waals surface area contributed by atoms with Gasteiger partial charge in [0.1, 0.15) is 24.4 Å². The van der Waals surface area contributed by atoms with Crippen molar-refractivity contribution in [1.29, 1.82) is 0 Å². The summed E-state index contributed by atoms with van der Waals surface area (Å²) in [6, 6.07) is 30.4. The fraction of sp³-hybridized carbons (Fsp3) is 0.438. The van der Waals surface area contributed by atoms with Crippen molar-refractivity contribution in [1.82, 2.24) is 0 Å². The second-order valence-corrected chi connectivity index (χ2v) is 15.4. The van der Waals surface area contributed by atoms with E-state index in [0.29, 0.717) is 6.61 Å². The quantitative estimate of drug-likeness (QED) is 0.351. The van der Waals surface area contributed by atoms with E-state index in [2.05, 4.69) is 45.0 Å². The lowest BCUT2D eigenvalue weighted by Crippen LogP contribution is -2.68. The maximum Gasteiger partial charge on any atom is 0.261 e. The maximum absolute atomic E-state index is 11.5. The molecule has 6 nitrogen and oxygen atoms in total. The Labute approximate surface area is 233 Å². The largest absolute Gasteiger partial charge is 0.405 e. The van der Waals surface area contributed by atoms with Crippen molar-refractivity contribution >= 4 is 18.7 Å². The van der Waals surface area contributed by atoms with Crippen LogP contribution in [0.2, 0.25) is 5.04 Å². The van der Waals surface area contributed by atoms with E-state index in [4.69, 9.17) is 18.6 Å². The Hall–Kier alpha value is -2.36. The van der Waals surface area contributed by atoms with Crippen LogP contribution in [-0.4, -0.2) is 62.5 Å². The molecule has 3 aromatic rings. The van der Waals surface area contributed by atoms with Gasteiger partial charge in [0, 0.05) is 6.61 Å². The molecule has 2 N–H and O–H groups in total. The minimum absolute atomic E-state index is 0.100. The summed E-state index contributed by atoms with van der Waals surface area (Å²) in [4.78, 5) is 0. The number of benzene rings is 3. The Kier molecular flexibility index (Phi) is 10.1. The topological polar surface area (TPSA) is 77.4 Å². The van der Waals surface area contributed by atoms with Crippen LogP contribution in [-0.2, 0) is 25.2 Å². The summed E-state index contributed by atoms with van der Waals surface area (Å²) in [5.74, 6) is 0. The predicted molar refractivity (Wildman–Crippen MR) is 156 cm³/mol. The number of ether oxygens (including phenoxy) is 3. The molecule has 1 unspecified atom stereocenters. The molecule has 0 radical (unpaired) electrons. The van der Waals surface area contributed by atoms with Crippen molar-refractivity contribution in [3.05, 3.63) is 96.6 Å². The van der Waals surface area contributed by atoms with E-state index in [1.807, 2.05) is 73.7 Å². The minimum atomic E-state index is -2.85. The van der Waals surface area contributed by atoms with Crippen LogP contribution < -0.4 is 10.4 Å². The first-order valence-corrected chi connectivity index (χ1v) is 15.7. The van der Waals surface area contributed by atoms with Crippen molar-refractivity contribution < 1.29 is 28.8 Å². The molecule has 0 aromatic heterocycles. The van der Waals surface area contributed by atoms with Gasteiger partial charge in [-0.25, -0.2) is 0 Å². The van der Waals surface area contributed by atoms with Crippen LogP contribution in [0.1, 0.15) is 39.7 Å². The highest BCUT2D eigenvalue weighted by atomic mass is 28.4.